The summed E-state index contributed by atoms with van der Waals surface area (Å²) in [5.41, 5.74) is -0.276. The van der Waals surface area contributed by atoms with E-state index in [1.807, 2.05) is 0 Å². The van der Waals surface area contributed by atoms with Crippen molar-refractivity contribution in [2.75, 3.05) is 12.5 Å². The highest BCUT2D eigenvalue weighted by atomic mass is 35.5. The third kappa shape index (κ3) is 4.87. The van der Waals surface area contributed by atoms with Crippen LogP contribution in [0.3, 0.4) is 0 Å². The fourth-order valence-corrected chi connectivity index (χ4v) is 1.64. The number of ether oxygens (including phenoxy) is 1. The third-order valence-electron chi connectivity index (χ3n) is 2.41. The first-order valence-corrected chi connectivity index (χ1v) is 6.31. The topological polar surface area (TPSA) is 52.4 Å². The van der Waals surface area contributed by atoms with E-state index < -0.39 is 10.7 Å². The number of alkyl halides is 1. The summed E-state index contributed by atoms with van der Waals surface area (Å²) >= 11 is 5.54. The molecule has 100 valence electrons. The summed E-state index contributed by atoms with van der Waals surface area (Å²) in [6.45, 7) is 0.400. The van der Waals surface area contributed by atoms with Gasteiger partial charge in [0.25, 0.3) is 5.69 Å². The second-order valence-corrected chi connectivity index (χ2v) is 4.20. The van der Waals surface area contributed by atoms with Gasteiger partial charge in [-0.2, -0.15) is 0 Å². The number of nitro groups is 1. The number of unbranched alkanes of at least 4 members (excludes halogenated alkanes) is 3. The van der Waals surface area contributed by atoms with Gasteiger partial charge >= 0.3 is 0 Å². The molecule has 0 aliphatic rings. The van der Waals surface area contributed by atoms with Crippen molar-refractivity contribution in [3.05, 3.63) is 34.1 Å². The molecule has 1 rings (SSSR count). The molecule has 0 aliphatic heterocycles. The number of non-ortho nitro benzene ring substituents is 1. The molecule has 6 heteroatoms. The van der Waals surface area contributed by atoms with Crippen molar-refractivity contribution in [3.8, 4) is 5.75 Å². The van der Waals surface area contributed by atoms with Crippen molar-refractivity contribution in [2.24, 2.45) is 0 Å². The number of rotatable bonds is 8. The van der Waals surface area contributed by atoms with Gasteiger partial charge in [-0.25, -0.2) is 4.39 Å². The number of halogens is 2. The summed E-state index contributed by atoms with van der Waals surface area (Å²) in [5.74, 6) is 0.000542. The van der Waals surface area contributed by atoms with Gasteiger partial charge in [0.05, 0.1) is 17.6 Å². The lowest BCUT2D eigenvalue weighted by atomic mass is 10.2. The molecule has 0 spiro atoms. The molecule has 0 aromatic heterocycles. The predicted molar refractivity (Wildman–Crippen MR) is 67.7 cm³/mol. The maximum atomic E-state index is 13.4. The summed E-state index contributed by atoms with van der Waals surface area (Å²) in [6.07, 6.45) is 3.78. The van der Waals surface area contributed by atoms with Gasteiger partial charge in [0, 0.05) is 11.9 Å². The molecule has 0 heterocycles. The molecule has 0 bridgehead atoms. The Morgan fingerprint density at radius 1 is 1.28 bits per heavy atom. The number of nitrogens with zero attached hydrogens (tertiary/aromatic N) is 1. The molecule has 0 N–H and O–H groups in total. The van der Waals surface area contributed by atoms with Crippen LogP contribution in [0.5, 0.6) is 5.75 Å². The smallest absolute Gasteiger partial charge is 0.272 e. The maximum absolute atomic E-state index is 13.4. The third-order valence-corrected chi connectivity index (χ3v) is 2.68. The van der Waals surface area contributed by atoms with Gasteiger partial charge in [-0.3, -0.25) is 10.1 Å². The average Bonchev–Trinajstić information content (AvgIpc) is 2.35. The Kier molecular flexibility index (Phi) is 6.43. The van der Waals surface area contributed by atoms with Crippen molar-refractivity contribution in [1.29, 1.82) is 0 Å². The summed E-state index contributed by atoms with van der Waals surface area (Å²) in [6, 6.07) is 3.38. The van der Waals surface area contributed by atoms with Crippen LogP contribution in [0.2, 0.25) is 0 Å². The van der Waals surface area contributed by atoms with E-state index in [-0.39, 0.29) is 11.4 Å². The molecular weight excluding hydrogens is 261 g/mol. The van der Waals surface area contributed by atoms with Gasteiger partial charge in [0.2, 0.25) is 0 Å². The Bertz CT molecular complexity index is 401. The van der Waals surface area contributed by atoms with Gasteiger partial charge in [-0.15, -0.1) is 11.6 Å². The minimum atomic E-state index is -0.704. The minimum absolute atomic E-state index is 0.0537. The lowest BCUT2D eigenvalue weighted by Gasteiger charge is -2.06. The van der Waals surface area contributed by atoms with Gasteiger partial charge < -0.3 is 4.74 Å². The minimum Gasteiger partial charge on any atom is -0.491 e. The van der Waals surface area contributed by atoms with E-state index in [1.54, 1.807) is 0 Å². The number of benzene rings is 1. The highest BCUT2D eigenvalue weighted by Crippen LogP contribution is 2.22. The van der Waals surface area contributed by atoms with Crippen LogP contribution in [0.1, 0.15) is 25.7 Å². The molecule has 0 radical (unpaired) electrons. The number of hydrogen-bond donors (Lipinski definition) is 0. The highest BCUT2D eigenvalue weighted by molar-refractivity contribution is 6.17. The van der Waals surface area contributed by atoms with E-state index >= 15 is 0 Å². The van der Waals surface area contributed by atoms with Crippen LogP contribution in [0.4, 0.5) is 10.1 Å². The molecule has 18 heavy (non-hydrogen) atoms. The molecule has 0 atom stereocenters. The number of nitro benzene ring substituents is 1. The molecule has 1 aromatic carbocycles. The molecule has 0 unspecified atom stereocenters. The Balaban J connectivity index is 2.36. The summed E-state index contributed by atoms with van der Waals surface area (Å²) in [7, 11) is 0. The SMILES string of the molecule is O=[N+]([O-])c1ccc(OCCCCCCCl)c(F)c1. The molecule has 0 amide bonds. The fraction of sp³-hybridized carbons (Fsp3) is 0.500. The second kappa shape index (κ2) is 7.87. The summed E-state index contributed by atoms with van der Waals surface area (Å²) < 4.78 is 18.6. The van der Waals surface area contributed by atoms with E-state index in [9.17, 15) is 14.5 Å². The zero-order chi connectivity index (χ0) is 13.4. The predicted octanol–water partition coefficient (Wildman–Crippen LogP) is 3.91. The Labute approximate surface area is 110 Å². The van der Waals surface area contributed by atoms with Crippen molar-refractivity contribution < 1.29 is 14.1 Å². The monoisotopic (exact) mass is 275 g/mol. The maximum Gasteiger partial charge on any atom is 0.272 e. The Hall–Kier alpha value is -1.36. The van der Waals surface area contributed by atoms with Gasteiger partial charge in [-0.1, -0.05) is 12.8 Å². The van der Waals surface area contributed by atoms with Crippen LogP contribution < -0.4 is 4.74 Å². The van der Waals surface area contributed by atoms with E-state index in [2.05, 4.69) is 0 Å². The molecule has 1 aromatic rings. The van der Waals surface area contributed by atoms with Gasteiger partial charge in [0.1, 0.15) is 0 Å². The Morgan fingerprint density at radius 2 is 2.00 bits per heavy atom. The van der Waals surface area contributed by atoms with Crippen LogP contribution >= 0.6 is 11.6 Å². The first kappa shape index (κ1) is 14.7. The molecule has 0 saturated carbocycles. The van der Waals surface area contributed by atoms with E-state index in [1.165, 1.54) is 12.1 Å². The molecule has 4 nitrogen and oxygen atoms in total. The lowest BCUT2D eigenvalue weighted by molar-refractivity contribution is -0.385. The van der Waals surface area contributed by atoms with Crippen LogP contribution in [-0.2, 0) is 0 Å². The summed E-state index contributed by atoms with van der Waals surface area (Å²) in [5, 5.41) is 10.4. The molecule has 0 saturated heterocycles. The molecule has 0 fully saturated rings. The average molecular weight is 276 g/mol. The van der Waals surface area contributed by atoms with Crippen LogP contribution in [-0.4, -0.2) is 17.4 Å². The normalized spacial score (nSPS) is 10.3. The lowest BCUT2D eigenvalue weighted by Crippen LogP contribution is -2.00. The number of hydrogen-bond acceptors (Lipinski definition) is 3. The van der Waals surface area contributed by atoms with Crippen molar-refractivity contribution >= 4 is 17.3 Å². The largest absolute Gasteiger partial charge is 0.491 e. The van der Waals surface area contributed by atoms with E-state index in [0.29, 0.717) is 12.5 Å². The fourth-order valence-electron chi connectivity index (χ4n) is 1.45. The van der Waals surface area contributed by atoms with Gasteiger partial charge in [-0.05, 0) is 18.9 Å². The van der Waals surface area contributed by atoms with Crippen LogP contribution in [0.15, 0.2) is 18.2 Å². The second-order valence-electron chi connectivity index (χ2n) is 3.82. The van der Waals surface area contributed by atoms with Gasteiger partial charge in [0.15, 0.2) is 11.6 Å². The van der Waals surface area contributed by atoms with Crippen molar-refractivity contribution in [2.45, 2.75) is 25.7 Å². The quantitative estimate of drug-likeness (QED) is 0.313. The Morgan fingerprint density at radius 3 is 2.61 bits per heavy atom. The van der Waals surface area contributed by atoms with E-state index in [4.69, 9.17) is 16.3 Å². The molecular formula is C12H15ClFNO3. The van der Waals surface area contributed by atoms with Crippen LogP contribution in [0.25, 0.3) is 0 Å². The zero-order valence-electron chi connectivity index (χ0n) is 9.90. The highest BCUT2D eigenvalue weighted by Gasteiger charge is 2.11. The molecule has 0 aliphatic carbocycles. The standard InChI is InChI=1S/C12H15ClFNO3/c13-7-3-1-2-4-8-18-12-6-5-10(15(16)17)9-11(12)14/h5-6,9H,1-4,7-8H2. The van der Waals surface area contributed by atoms with Crippen molar-refractivity contribution in [1.82, 2.24) is 0 Å². The first-order valence-electron chi connectivity index (χ1n) is 5.78. The summed E-state index contributed by atoms with van der Waals surface area (Å²) in [4.78, 5) is 9.77. The zero-order valence-corrected chi connectivity index (χ0v) is 10.7. The van der Waals surface area contributed by atoms with E-state index in [0.717, 1.165) is 31.7 Å². The van der Waals surface area contributed by atoms with Crippen molar-refractivity contribution in [3.63, 3.8) is 0 Å². The van der Waals surface area contributed by atoms with Crippen LogP contribution in [0, 0.1) is 15.9 Å². The first-order chi connectivity index (χ1) is 8.65.